The van der Waals surface area contributed by atoms with Gasteiger partial charge in [0.2, 0.25) is 5.91 Å². The Kier molecular flexibility index (Phi) is 5.30. The minimum absolute atomic E-state index is 0.0512. The molecule has 0 unspecified atom stereocenters. The molecular formula is C11H18N2O3S2. The Hall–Kier alpha value is -0.920. The van der Waals surface area contributed by atoms with E-state index in [1.165, 1.54) is 13.1 Å². The SMILES string of the molecule is CC[C@@H](C)NC(=O)CN(C)S(=O)(=O)c1cccs1. The Bertz CT molecular complexity index is 482. The van der Waals surface area contributed by atoms with E-state index in [-0.39, 0.29) is 22.7 Å². The van der Waals surface area contributed by atoms with Crippen LogP contribution >= 0.6 is 11.3 Å². The van der Waals surface area contributed by atoms with E-state index in [1.54, 1.807) is 11.4 Å². The van der Waals surface area contributed by atoms with E-state index >= 15 is 0 Å². The molecule has 0 saturated carbocycles. The molecule has 0 saturated heterocycles. The van der Waals surface area contributed by atoms with Gasteiger partial charge in [0.25, 0.3) is 10.0 Å². The average Bonchev–Trinajstić information content (AvgIpc) is 2.82. The van der Waals surface area contributed by atoms with Crippen molar-refractivity contribution in [3.63, 3.8) is 0 Å². The van der Waals surface area contributed by atoms with Gasteiger partial charge in [-0.3, -0.25) is 4.79 Å². The van der Waals surface area contributed by atoms with Crippen molar-refractivity contribution < 1.29 is 13.2 Å². The summed E-state index contributed by atoms with van der Waals surface area (Å²) in [6, 6.07) is 3.25. The Morgan fingerprint density at radius 2 is 2.22 bits per heavy atom. The van der Waals surface area contributed by atoms with Crippen LogP contribution in [-0.4, -0.2) is 38.3 Å². The maximum absolute atomic E-state index is 12.0. The Labute approximate surface area is 112 Å². The molecule has 5 nitrogen and oxygen atoms in total. The molecule has 1 rings (SSSR count). The summed E-state index contributed by atoms with van der Waals surface area (Å²) >= 11 is 1.14. The highest BCUT2D eigenvalue weighted by Crippen LogP contribution is 2.19. The molecular weight excluding hydrogens is 272 g/mol. The summed E-state index contributed by atoms with van der Waals surface area (Å²) < 4.78 is 25.4. The lowest BCUT2D eigenvalue weighted by molar-refractivity contribution is -0.121. The number of likely N-dealkylation sites (N-methyl/N-ethyl adjacent to an activating group) is 1. The average molecular weight is 290 g/mol. The van der Waals surface area contributed by atoms with Crippen molar-refractivity contribution in [1.29, 1.82) is 0 Å². The highest BCUT2D eigenvalue weighted by atomic mass is 32.2. The van der Waals surface area contributed by atoms with Gasteiger partial charge in [-0.15, -0.1) is 11.3 Å². The molecule has 102 valence electrons. The van der Waals surface area contributed by atoms with E-state index in [4.69, 9.17) is 0 Å². The van der Waals surface area contributed by atoms with E-state index in [0.29, 0.717) is 0 Å². The van der Waals surface area contributed by atoms with Gasteiger partial charge in [0, 0.05) is 13.1 Å². The lowest BCUT2D eigenvalue weighted by Crippen LogP contribution is -2.41. The quantitative estimate of drug-likeness (QED) is 0.858. The predicted octanol–water partition coefficient (Wildman–Crippen LogP) is 1.28. The third-order valence-electron chi connectivity index (χ3n) is 2.55. The smallest absolute Gasteiger partial charge is 0.252 e. The van der Waals surface area contributed by atoms with Crippen LogP contribution in [-0.2, 0) is 14.8 Å². The number of hydrogen-bond acceptors (Lipinski definition) is 4. The van der Waals surface area contributed by atoms with Gasteiger partial charge >= 0.3 is 0 Å². The zero-order valence-electron chi connectivity index (χ0n) is 10.7. The first kappa shape index (κ1) is 15.1. The van der Waals surface area contributed by atoms with Crippen LogP contribution in [0.15, 0.2) is 21.7 Å². The fraction of sp³-hybridized carbons (Fsp3) is 0.545. The number of hydrogen-bond donors (Lipinski definition) is 1. The molecule has 1 atom stereocenters. The molecule has 0 bridgehead atoms. The van der Waals surface area contributed by atoms with Gasteiger partial charge in [0.05, 0.1) is 6.54 Å². The van der Waals surface area contributed by atoms with Crippen LogP contribution in [0.2, 0.25) is 0 Å². The molecule has 1 aromatic heterocycles. The number of sulfonamides is 1. The highest BCUT2D eigenvalue weighted by molar-refractivity contribution is 7.91. The number of rotatable bonds is 6. The number of nitrogens with zero attached hydrogens (tertiary/aromatic N) is 1. The molecule has 0 aromatic carbocycles. The number of nitrogens with one attached hydrogen (secondary N) is 1. The van der Waals surface area contributed by atoms with Crippen molar-refractivity contribution in [1.82, 2.24) is 9.62 Å². The first-order valence-corrected chi connectivity index (χ1v) is 7.99. The van der Waals surface area contributed by atoms with Crippen molar-refractivity contribution in [2.24, 2.45) is 0 Å². The zero-order chi connectivity index (χ0) is 13.8. The van der Waals surface area contributed by atoms with Crippen LogP contribution in [0, 0.1) is 0 Å². The van der Waals surface area contributed by atoms with Crippen molar-refractivity contribution in [3.8, 4) is 0 Å². The van der Waals surface area contributed by atoms with Crippen LogP contribution in [0.5, 0.6) is 0 Å². The maximum atomic E-state index is 12.0. The summed E-state index contributed by atoms with van der Waals surface area (Å²) in [4.78, 5) is 11.6. The molecule has 1 heterocycles. The number of carbonyl (C=O) groups excluding carboxylic acids is 1. The Morgan fingerprint density at radius 3 is 2.72 bits per heavy atom. The third-order valence-corrected chi connectivity index (χ3v) is 5.72. The van der Waals surface area contributed by atoms with Crippen molar-refractivity contribution >= 4 is 27.3 Å². The molecule has 0 aliphatic heterocycles. The molecule has 0 spiro atoms. The summed E-state index contributed by atoms with van der Waals surface area (Å²) in [7, 11) is -2.13. The Morgan fingerprint density at radius 1 is 1.56 bits per heavy atom. The molecule has 0 aliphatic carbocycles. The minimum Gasteiger partial charge on any atom is -0.353 e. The fourth-order valence-corrected chi connectivity index (χ4v) is 3.60. The van der Waals surface area contributed by atoms with E-state index in [0.717, 1.165) is 22.1 Å². The largest absolute Gasteiger partial charge is 0.353 e. The molecule has 0 fully saturated rings. The second-order valence-corrected chi connectivity index (χ2v) is 7.29. The van der Waals surface area contributed by atoms with Gasteiger partial charge in [0.15, 0.2) is 0 Å². The summed E-state index contributed by atoms with van der Waals surface area (Å²) in [6.07, 6.45) is 0.813. The third kappa shape index (κ3) is 3.79. The van der Waals surface area contributed by atoms with Crippen LogP contribution in [0.3, 0.4) is 0 Å². The number of amides is 1. The van der Waals surface area contributed by atoms with Gasteiger partial charge in [0.1, 0.15) is 4.21 Å². The van der Waals surface area contributed by atoms with E-state index < -0.39 is 10.0 Å². The molecule has 1 aromatic rings. The zero-order valence-corrected chi connectivity index (χ0v) is 12.3. The van der Waals surface area contributed by atoms with Gasteiger partial charge < -0.3 is 5.32 Å². The van der Waals surface area contributed by atoms with Gasteiger partial charge in [-0.25, -0.2) is 8.42 Å². The molecule has 7 heteroatoms. The monoisotopic (exact) mass is 290 g/mol. The van der Waals surface area contributed by atoms with Crippen LogP contribution in [0.1, 0.15) is 20.3 Å². The minimum atomic E-state index is -3.54. The van der Waals surface area contributed by atoms with E-state index in [9.17, 15) is 13.2 Å². The molecule has 18 heavy (non-hydrogen) atoms. The fourth-order valence-electron chi connectivity index (χ4n) is 1.27. The van der Waals surface area contributed by atoms with E-state index in [1.807, 2.05) is 13.8 Å². The number of carbonyl (C=O) groups is 1. The standard InChI is InChI=1S/C11H18N2O3S2/c1-4-9(2)12-10(14)8-13(3)18(15,16)11-6-5-7-17-11/h5-7,9H,4,8H2,1-3H3,(H,12,14)/t9-/m1/s1. The maximum Gasteiger partial charge on any atom is 0.252 e. The summed E-state index contributed by atoms with van der Waals surface area (Å²) in [5, 5.41) is 4.43. The van der Waals surface area contributed by atoms with Crippen LogP contribution in [0.25, 0.3) is 0 Å². The van der Waals surface area contributed by atoms with Gasteiger partial charge in [-0.1, -0.05) is 13.0 Å². The van der Waals surface area contributed by atoms with Crippen molar-refractivity contribution in [2.45, 2.75) is 30.5 Å². The summed E-state index contributed by atoms with van der Waals surface area (Å²) in [5.41, 5.74) is 0. The predicted molar refractivity (Wildman–Crippen MR) is 72.0 cm³/mol. The summed E-state index contributed by atoms with van der Waals surface area (Å²) in [6.45, 7) is 3.67. The number of thiophene rings is 1. The molecule has 1 amide bonds. The molecule has 0 aliphatic rings. The Balaban J connectivity index is 2.66. The van der Waals surface area contributed by atoms with Crippen LogP contribution < -0.4 is 5.32 Å². The van der Waals surface area contributed by atoms with Gasteiger partial charge in [-0.2, -0.15) is 4.31 Å². The van der Waals surface area contributed by atoms with Crippen LogP contribution in [0.4, 0.5) is 0 Å². The topological polar surface area (TPSA) is 66.5 Å². The first-order chi connectivity index (χ1) is 8.37. The lowest BCUT2D eigenvalue weighted by atomic mass is 10.2. The van der Waals surface area contributed by atoms with Gasteiger partial charge in [-0.05, 0) is 24.8 Å². The molecule has 0 radical (unpaired) electrons. The summed E-state index contributed by atoms with van der Waals surface area (Å²) in [5.74, 6) is -0.285. The lowest BCUT2D eigenvalue weighted by Gasteiger charge is -2.17. The van der Waals surface area contributed by atoms with Crippen molar-refractivity contribution in [2.75, 3.05) is 13.6 Å². The van der Waals surface area contributed by atoms with Crippen molar-refractivity contribution in [3.05, 3.63) is 17.5 Å². The molecule has 1 N–H and O–H groups in total. The highest BCUT2D eigenvalue weighted by Gasteiger charge is 2.23. The normalized spacial score (nSPS) is 13.6. The van der Waals surface area contributed by atoms with E-state index in [2.05, 4.69) is 5.32 Å². The first-order valence-electron chi connectivity index (χ1n) is 5.67. The second kappa shape index (κ2) is 6.31. The second-order valence-electron chi connectivity index (χ2n) is 4.07.